The van der Waals surface area contributed by atoms with E-state index in [1.165, 1.54) is 32.1 Å². The molecule has 0 N–H and O–H groups in total. The molecule has 0 aliphatic rings. The highest BCUT2D eigenvalue weighted by Crippen LogP contribution is 2.18. The van der Waals surface area contributed by atoms with Gasteiger partial charge in [0.25, 0.3) is 0 Å². The van der Waals surface area contributed by atoms with E-state index in [-0.39, 0.29) is 5.92 Å². The second kappa shape index (κ2) is 12.6. The standard InChI is InChI=1S/C16H29NO/c1-3-5-7-9-11-15(13-14-17)16(18)12-10-8-6-4-2/h15H,3-13H2,1-2H3. The average molecular weight is 251 g/mol. The lowest BCUT2D eigenvalue weighted by Gasteiger charge is -2.12. The molecule has 0 aliphatic heterocycles. The van der Waals surface area contributed by atoms with Gasteiger partial charge in [-0.05, 0) is 12.8 Å². The highest BCUT2D eigenvalue weighted by atomic mass is 16.1. The van der Waals surface area contributed by atoms with Crippen LogP contribution in [-0.4, -0.2) is 5.78 Å². The second-order valence-corrected chi connectivity index (χ2v) is 5.19. The largest absolute Gasteiger partial charge is 0.299 e. The van der Waals surface area contributed by atoms with Crippen LogP contribution in [-0.2, 0) is 4.79 Å². The van der Waals surface area contributed by atoms with E-state index in [1.54, 1.807) is 0 Å². The zero-order valence-electron chi connectivity index (χ0n) is 12.2. The quantitative estimate of drug-likeness (QED) is 0.457. The van der Waals surface area contributed by atoms with Crippen molar-refractivity contribution in [1.82, 2.24) is 0 Å². The van der Waals surface area contributed by atoms with E-state index < -0.39 is 0 Å². The first-order valence-electron chi connectivity index (χ1n) is 7.65. The summed E-state index contributed by atoms with van der Waals surface area (Å²) in [4.78, 5) is 12.0. The van der Waals surface area contributed by atoms with Crippen molar-refractivity contribution >= 4 is 5.78 Å². The number of hydrogen-bond acceptors (Lipinski definition) is 2. The van der Waals surface area contributed by atoms with E-state index in [1.807, 2.05) is 0 Å². The number of carbonyl (C=O) groups is 1. The fraction of sp³-hybridized carbons (Fsp3) is 0.875. The van der Waals surface area contributed by atoms with Crippen LogP contribution >= 0.6 is 0 Å². The lowest BCUT2D eigenvalue weighted by atomic mass is 9.91. The van der Waals surface area contributed by atoms with Gasteiger partial charge in [-0.2, -0.15) is 5.26 Å². The number of carbonyl (C=O) groups excluding carboxylic acids is 1. The maximum absolute atomic E-state index is 12.0. The van der Waals surface area contributed by atoms with Crippen LogP contribution in [0.3, 0.4) is 0 Å². The Morgan fingerprint density at radius 3 is 2.17 bits per heavy atom. The fourth-order valence-electron chi connectivity index (χ4n) is 2.23. The van der Waals surface area contributed by atoms with E-state index >= 15 is 0 Å². The molecule has 0 amide bonds. The third kappa shape index (κ3) is 9.22. The highest BCUT2D eigenvalue weighted by Gasteiger charge is 2.16. The van der Waals surface area contributed by atoms with E-state index in [4.69, 9.17) is 5.26 Å². The molecule has 1 unspecified atom stereocenters. The Bertz CT molecular complexity index is 242. The molecule has 0 saturated carbocycles. The van der Waals surface area contributed by atoms with Crippen LogP contribution in [0.25, 0.3) is 0 Å². The first kappa shape index (κ1) is 17.2. The topological polar surface area (TPSA) is 40.9 Å². The van der Waals surface area contributed by atoms with Crippen molar-refractivity contribution in [2.45, 2.75) is 84.5 Å². The van der Waals surface area contributed by atoms with Crippen molar-refractivity contribution in [2.24, 2.45) is 5.92 Å². The Morgan fingerprint density at radius 1 is 1.00 bits per heavy atom. The highest BCUT2D eigenvalue weighted by molar-refractivity contribution is 5.81. The Hall–Kier alpha value is -0.840. The van der Waals surface area contributed by atoms with Gasteiger partial charge in [0.15, 0.2) is 0 Å². The molecule has 0 aromatic heterocycles. The molecule has 0 heterocycles. The minimum absolute atomic E-state index is 0.00785. The summed E-state index contributed by atoms with van der Waals surface area (Å²) in [6.07, 6.45) is 11.3. The van der Waals surface area contributed by atoms with E-state index in [0.29, 0.717) is 18.6 Å². The lowest BCUT2D eigenvalue weighted by Crippen LogP contribution is -2.14. The molecule has 2 heteroatoms. The molecule has 0 saturated heterocycles. The molecule has 0 spiro atoms. The van der Waals surface area contributed by atoms with Gasteiger partial charge >= 0.3 is 0 Å². The Balaban J connectivity index is 3.84. The van der Waals surface area contributed by atoms with Crippen molar-refractivity contribution in [1.29, 1.82) is 5.26 Å². The molecule has 0 aromatic carbocycles. The second-order valence-electron chi connectivity index (χ2n) is 5.19. The SMILES string of the molecule is CCCCCCC(=O)C(CC#N)CCCCCC. The molecule has 2 nitrogen and oxygen atoms in total. The van der Waals surface area contributed by atoms with Crippen LogP contribution in [0, 0.1) is 17.2 Å². The lowest BCUT2D eigenvalue weighted by molar-refractivity contribution is -0.123. The summed E-state index contributed by atoms with van der Waals surface area (Å²) in [5.41, 5.74) is 0. The van der Waals surface area contributed by atoms with Crippen LogP contribution in [0.1, 0.15) is 84.5 Å². The molecular formula is C16H29NO. The number of nitriles is 1. The Morgan fingerprint density at radius 2 is 1.61 bits per heavy atom. The van der Waals surface area contributed by atoms with Gasteiger partial charge in [-0.3, -0.25) is 4.79 Å². The van der Waals surface area contributed by atoms with Gasteiger partial charge in [0.05, 0.1) is 6.07 Å². The van der Waals surface area contributed by atoms with Crippen LogP contribution in [0.2, 0.25) is 0 Å². The molecule has 0 bridgehead atoms. The van der Waals surface area contributed by atoms with Crippen LogP contribution in [0.5, 0.6) is 0 Å². The summed E-state index contributed by atoms with van der Waals surface area (Å²) in [7, 11) is 0. The maximum atomic E-state index is 12.0. The average Bonchev–Trinajstić information content (AvgIpc) is 2.38. The summed E-state index contributed by atoms with van der Waals surface area (Å²) < 4.78 is 0. The van der Waals surface area contributed by atoms with Crippen molar-refractivity contribution in [3.63, 3.8) is 0 Å². The predicted molar refractivity (Wildman–Crippen MR) is 76.2 cm³/mol. The van der Waals surface area contributed by atoms with Gasteiger partial charge in [-0.15, -0.1) is 0 Å². The van der Waals surface area contributed by atoms with Gasteiger partial charge in [0, 0.05) is 18.8 Å². The molecular weight excluding hydrogens is 222 g/mol. The number of hydrogen-bond donors (Lipinski definition) is 0. The van der Waals surface area contributed by atoms with Crippen LogP contribution < -0.4 is 0 Å². The maximum Gasteiger partial charge on any atom is 0.137 e. The summed E-state index contributed by atoms with van der Waals surface area (Å²) in [5.74, 6) is 0.331. The van der Waals surface area contributed by atoms with Gasteiger partial charge < -0.3 is 0 Å². The third-order valence-electron chi connectivity index (χ3n) is 3.48. The summed E-state index contributed by atoms with van der Waals surface area (Å²) in [6.45, 7) is 4.36. The normalized spacial score (nSPS) is 12.1. The Kier molecular flexibility index (Phi) is 12.0. The van der Waals surface area contributed by atoms with Crippen molar-refractivity contribution in [2.75, 3.05) is 0 Å². The fourth-order valence-corrected chi connectivity index (χ4v) is 2.23. The Labute approximate surface area is 113 Å². The number of nitrogens with zero attached hydrogens (tertiary/aromatic N) is 1. The molecule has 0 rings (SSSR count). The van der Waals surface area contributed by atoms with E-state index in [9.17, 15) is 4.79 Å². The molecule has 104 valence electrons. The molecule has 0 aromatic rings. The minimum atomic E-state index is 0.00785. The third-order valence-corrected chi connectivity index (χ3v) is 3.48. The number of rotatable bonds is 12. The number of Topliss-reactive ketones (excluding diaryl/α,β-unsaturated/α-hetero) is 1. The first-order valence-corrected chi connectivity index (χ1v) is 7.65. The summed E-state index contributed by atoms with van der Waals surface area (Å²) in [5, 5.41) is 8.80. The minimum Gasteiger partial charge on any atom is -0.299 e. The first-order chi connectivity index (χ1) is 8.76. The molecule has 0 aliphatic carbocycles. The van der Waals surface area contributed by atoms with Crippen molar-refractivity contribution < 1.29 is 4.79 Å². The van der Waals surface area contributed by atoms with Gasteiger partial charge in [0.2, 0.25) is 0 Å². The zero-order chi connectivity index (χ0) is 13.6. The molecule has 18 heavy (non-hydrogen) atoms. The summed E-state index contributed by atoms with van der Waals surface area (Å²) in [6, 6.07) is 2.17. The monoisotopic (exact) mass is 251 g/mol. The van der Waals surface area contributed by atoms with E-state index in [2.05, 4.69) is 19.9 Å². The predicted octanol–water partition coefficient (Wildman–Crippen LogP) is 5.03. The van der Waals surface area contributed by atoms with Gasteiger partial charge in [-0.25, -0.2) is 0 Å². The van der Waals surface area contributed by atoms with Crippen molar-refractivity contribution in [3.05, 3.63) is 0 Å². The zero-order valence-corrected chi connectivity index (χ0v) is 12.2. The van der Waals surface area contributed by atoms with E-state index in [0.717, 1.165) is 25.7 Å². The van der Waals surface area contributed by atoms with Gasteiger partial charge in [0.1, 0.15) is 5.78 Å². The number of ketones is 1. The smallest absolute Gasteiger partial charge is 0.137 e. The molecule has 1 atom stereocenters. The molecule has 0 radical (unpaired) electrons. The van der Waals surface area contributed by atoms with Crippen molar-refractivity contribution in [3.8, 4) is 6.07 Å². The summed E-state index contributed by atoms with van der Waals surface area (Å²) >= 11 is 0. The molecule has 0 fully saturated rings. The van der Waals surface area contributed by atoms with Crippen LogP contribution in [0.4, 0.5) is 0 Å². The van der Waals surface area contributed by atoms with Crippen LogP contribution in [0.15, 0.2) is 0 Å². The van der Waals surface area contributed by atoms with Gasteiger partial charge in [-0.1, -0.05) is 58.8 Å². The number of unbranched alkanes of at least 4 members (excludes halogenated alkanes) is 6.